The molecule has 0 saturated carbocycles. The van der Waals surface area contributed by atoms with E-state index in [1.54, 1.807) is 24.9 Å². The van der Waals surface area contributed by atoms with Crippen LogP contribution in [0.4, 0.5) is 0 Å². The topological polar surface area (TPSA) is 84.1 Å². The smallest absolute Gasteiger partial charge is 0.328 e. The number of fused-ring (bicyclic) bond motifs is 3. The third-order valence-electron chi connectivity index (χ3n) is 4.13. The van der Waals surface area contributed by atoms with Gasteiger partial charge < -0.3 is 15.0 Å². The predicted molar refractivity (Wildman–Crippen MR) is 104 cm³/mol. The van der Waals surface area contributed by atoms with Crippen molar-refractivity contribution in [1.82, 2.24) is 15.3 Å². The molecule has 1 atom stereocenters. The lowest BCUT2D eigenvalue weighted by Gasteiger charge is -2.16. The molecule has 0 spiro atoms. The molecule has 3 rings (SSSR count). The fourth-order valence-corrected chi connectivity index (χ4v) is 3.37. The van der Waals surface area contributed by atoms with Crippen LogP contribution < -0.4 is 5.32 Å². The van der Waals surface area contributed by atoms with Crippen LogP contribution in [0.5, 0.6) is 0 Å². The number of ether oxygens (including phenoxy) is 1. The SMILES string of the molecule is CCOC(=O)[C@H](CCSC)NC(=O)c1nccc2c1[nH]c1ccccc12. The molecular formula is C19H21N3O3S. The van der Waals surface area contributed by atoms with Gasteiger partial charge in [-0.05, 0) is 37.5 Å². The van der Waals surface area contributed by atoms with Gasteiger partial charge in [-0.1, -0.05) is 18.2 Å². The van der Waals surface area contributed by atoms with Crippen LogP contribution in [-0.4, -0.2) is 46.5 Å². The lowest BCUT2D eigenvalue weighted by molar-refractivity contribution is -0.145. The summed E-state index contributed by atoms with van der Waals surface area (Å²) in [4.78, 5) is 32.5. The van der Waals surface area contributed by atoms with Gasteiger partial charge in [0.1, 0.15) is 6.04 Å². The normalized spacial score (nSPS) is 12.2. The number of aromatic nitrogens is 2. The van der Waals surface area contributed by atoms with Gasteiger partial charge >= 0.3 is 5.97 Å². The molecule has 1 amide bonds. The largest absolute Gasteiger partial charge is 0.464 e. The van der Waals surface area contributed by atoms with E-state index < -0.39 is 12.0 Å². The van der Waals surface area contributed by atoms with E-state index in [0.717, 1.165) is 22.0 Å². The number of hydrogen-bond donors (Lipinski definition) is 2. The van der Waals surface area contributed by atoms with Gasteiger partial charge in [0.05, 0.1) is 12.1 Å². The van der Waals surface area contributed by atoms with Gasteiger partial charge in [0.15, 0.2) is 5.69 Å². The van der Waals surface area contributed by atoms with Crippen LogP contribution >= 0.6 is 11.8 Å². The van der Waals surface area contributed by atoms with Gasteiger partial charge in [0.25, 0.3) is 5.91 Å². The maximum absolute atomic E-state index is 12.8. The molecule has 2 heterocycles. The summed E-state index contributed by atoms with van der Waals surface area (Å²) in [6.45, 7) is 2.03. The summed E-state index contributed by atoms with van der Waals surface area (Å²) in [5.41, 5.74) is 1.88. The second-order valence-corrected chi connectivity index (χ2v) is 6.80. The van der Waals surface area contributed by atoms with Crippen molar-refractivity contribution in [3.8, 4) is 0 Å². The molecule has 26 heavy (non-hydrogen) atoms. The number of nitrogens with zero attached hydrogens (tertiary/aromatic N) is 1. The molecule has 0 saturated heterocycles. The number of carbonyl (C=O) groups excluding carboxylic acids is 2. The Morgan fingerprint density at radius 2 is 2.08 bits per heavy atom. The highest BCUT2D eigenvalue weighted by Gasteiger charge is 2.24. The van der Waals surface area contributed by atoms with Gasteiger partial charge in [-0.3, -0.25) is 4.79 Å². The standard InChI is InChI=1S/C19H21N3O3S/c1-3-25-19(24)15(9-11-26-2)22-18(23)17-16-13(8-10-20-17)12-6-4-5-7-14(12)21-16/h4-8,10,15,21H,3,9,11H2,1-2H3,(H,22,23)/t15-/m0/s1. The van der Waals surface area contributed by atoms with Crippen molar-refractivity contribution in [2.75, 3.05) is 18.6 Å². The molecular weight excluding hydrogens is 350 g/mol. The summed E-state index contributed by atoms with van der Waals surface area (Å²) >= 11 is 1.61. The van der Waals surface area contributed by atoms with Crippen LogP contribution in [0.25, 0.3) is 21.8 Å². The van der Waals surface area contributed by atoms with Crippen LogP contribution in [-0.2, 0) is 9.53 Å². The van der Waals surface area contributed by atoms with Gasteiger partial charge in [-0.25, -0.2) is 9.78 Å². The number of benzene rings is 1. The van der Waals surface area contributed by atoms with E-state index in [4.69, 9.17) is 4.74 Å². The summed E-state index contributed by atoms with van der Waals surface area (Å²) in [6.07, 6.45) is 4.07. The second-order valence-electron chi connectivity index (χ2n) is 5.81. The first-order valence-corrected chi connectivity index (χ1v) is 9.87. The van der Waals surface area contributed by atoms with Gasteiger partial charge in [-0.2, -0.15) is 11.8 Å². The molecule has 0 aliphatic carbocycles. The highest BCUT2D eigenvalue weighted by molar-refractivity contribution is 7.98. The first kappa shape index (κ1) is 18.3. The number of H-pyrrole nitrogens is 1. The number of pyridine rings is 1. The summed E-state index contributed by atoms with van der Waals surface area (Å²) in [7, 11) is 0. The predicted octanol–water partition coefficient (Wildman–Crippen LogP) is 3.13. The monoisotopic (exact) mass is 371 g/mol. The molecule has 6 nitrogen and oxygen atoms in total. The van der Waals surface area contributed by atoms with E-state index in [0.29, 0.717) is 11.9 Å². The van der Waals surface area contributed by atoms with Crippen LogP contribution in [0, 0.1) is 0 Å². The van der Waals surface area contributed by atoms with Crippen molar-refractivity contribution in [1.29, 1.82) is 0 Å². The first-order valence-electron chi connectivity index (χ1n) is 8.47. The minimum absolute atomic E-state index is 0.275. The number of nitrogens with one attached hydrogen (secondary N) is 2. The van der Waals surface area contributed by atoms with E-state index in [9.17, 15) is 9.59 Å². The van der Waals surface area contributed by atoms with Crippen molar-refractivity contribution < 1.29 is 14.3 Å². The molecule has 7 heteroatoms. The Morgan fingerprint density at radius 1 is 1.27 bits per heavy atom. The van der Waals surface area contributed by atoms with E-state index in [2.05, 4.69) is 15.3 Å². The quantitative estimate of drug-likeness (QED) is 0.624. The fraction of sp³-hybridized carbons (Fsp3) is 0.316. The van der Waals surface area contributed by atoms with Crippen molar-refractivity contribution >= 4 is 45.4 Å². The van der Waals surface area contributed by atoms with E-state index in [1.807, 2.05) is 36.6 Å². The fourth-order valence-electron chi connectivity index (χ4n) is 2.90. The Hall–Kier alpha value is -2.54. The van der Waals surface area contributed by atoms with Crippen molar-refractivity contribution in [3.63, 3.8) is 0 Å². The number of carbonyl (C=O) groups is 2. The number of rotatable bonds is 7. The molecule has 0 aliphatic rings. The van der Waals surface area contributed by atoms with Crippen molar-refractivity contribution in [2.45, 2.75) is 19.4 Å². The average molecular weight is 371 g/mol. The third-order valence-corrected chi connectivity index (χ3v) is 4.77. The van der Waals surface area contributed by atoms with Crippen LogP contribution in [0.1, 0.15) is 23.8 Å². The zero-order valence-corrected chi connectivity index (χ0v) is 15.6. The lowest BCUT2D eigenvalue weighted by Crippen LogP contribution is -2.42. The number of aromatic amines is 1. The number of thioether (sulfide) groups is 1. The van der Waals surface area contributed by atoms with E-state index in [-0.39, 0.29) is 18.2 Å². The molecule has 1 aromatic carbocycles. The highest BCUT2D eigenvalue weighted by Crippen LogP contribution is 2.26. The van der Waals surface area contributed by atoms with Gasteiger partial charge in [0, 0.05) is 22.5 Å². The summed E-state index contributed by atoms with van der Waals surface area (Å²) in [5, 5.41) is 4.74. The molecule has 3 aromatic rings. The molecule has 2 aromatic heterocycles. The summed E-state index contributed by atoms with van der Waals surface area (Å²) < 4.78 is 5.08. The van der Waals surface area contributed by atoms with E-state index >= 15 is 0 Å². The zero-order chi connectivity index (χ0) is 18.5. The molecule has 0 fully saturated rings. The maximum atomic E-state index is 12.8. The minimum atomic E-state index is -0.684. The van der Waals surface area contributed by atoms with E-state index in [1.165, 1.54) is 0 Å². The Bertz CT molecular complexity index is 938. The zero-order valence-electron chi connectivity index (χ0n) is 14.7. The number of amides is 1. The molecule has 2 N–H and O–H groups in total. The van der Waals surface area contributed by atoms with Crippen LogP contribution in [0.15, 0.2) is 36.5 Å². The molecule has 0 aliphatic heterocycles. The third kappa shape index (κ3) is 3.67. The number of hydrogen-bond acceptors (Lipinski definition) is 5. The van der Waals surface area contributed by atoms with Crippen molar-refractivity contribution in [3.05, 3.63) is 42.2 Å². The average Bonchev–Trinajstić information content (AvgIpc) is 3.03. The van der Waals surface area contributed by atoms with Gasteiger partial charge in [0.2, 0.25) is 0 Å². The number of para-hydroxylation sites is 1. The maximum Gasteiger partial charge on any atom is 0.328 e. The summed E-state index contributed by atoms with van der Waals surface area (Å²) in [5.74, 6) is -0.0617. The number of esters is 1. The Labute approximate surface area is 155 Å². The first-order chi connectivity index (χ1) is 12.7. The highest BCUT2D eigenvalue weighted by atomic mass is 32.2. The van der Waals surface area contributed by atoms with Crippen LogP contribution in [0.3, 0.4) is 0 Å². The molecule has 0 radical (unpaired) electrons. The Kier molecular flexibility index (Phi) is 5.78. The second kappa shape index (κ2) is 8.23. The molecule has 136 valence electrons. The lowest BCUT2D eigenvalue weighted by atomic mass is 10.1. The van der Waals surface area contributed by atoms with Crippen LogP contribution in [0.2, 0.25) is 0 Å². The minimum Gasteiger partial charge on any atom is -0.464 e. The molecule has 0 unspecified atom stereocenters. The summed E-state index contributed by atoms with van der Waals surface area (Å²) in [6, 6.07) is 9.03. The Morgan fingerprint density at radius 3 is 2.85 bits per heavy atom. The van der Waals surface area contributed by atoms with Crippen molar-refractivity contribution in [2.24, 2.45) is 0 Å². The molecule has 0 bridgehead atoms. The Balaban J connectivity index is 1.92. The van der Waals surface area contributed by atoms with Gasteiger partial charge in [-0.15, -0.1) is 0 Å².